The monoisotopic (exact) mass is 343 g/mol. The van der Waals surface area contributed by atoms with Crippen LogP contribution in [0.1, 0.15) is 36.4 Å². The van der Waals surface area contributed by atoms with Crippen LogP contribution in [-0.2, 0) is 4.79 Å². The maximum Gasteiger partial charge on any atom is 0.320 e. The number of nitrogens with zero attached hydrogens (tertiary/aromatic N) is 1. The molecular weight excluding hydrogens is 321 g/mol. The zero-order valence-electron chi connectivity index (χ0n) is 14.2. The van der Waals surface area contributed by atoms with E-state index < -0.39 is 17.8 Å². The average molecular weight is 343 g/mol. The molecule has 0 bridgehead atoms. The van der Waals surface area contributed by atoms with Crippen LogP contribution in [0, 0.1) is 5.82 Å². The quantitative estimate of drug-likeness (QED) is 0.895. The van der Waals surface area contributed by atoms with E-state index in [0.717, 1.165) is 24.0 Å². The second-order valence-corrected chi connectivity index (χ2v) is 6.29. The normalized spacial score (nSPS) is 19.4. The maximum absolute atomic E-state index is 14.3. The van der Waals surface area contributed by atoms with Gasteiger partial charge in [-0.25, -0.2) is 4.39 Å². The molecule has 1 N–H and O–H groups in total. The minimum atomic E-state index is -0.824. The topological polar surface area (TPSA) is 49.8 Å². The lowest BCUT2D eigenvalue weighted by Gasteiger charge is -2.39. The SMILES string of the molecule is COc1ccc(C(c2ccccc2)N2CCCCC2C(=O)O)cc1F. The summed E-state index contributed by atoms with van der Waals surface area (Å²) in [5.41, 5.74) is 1.69. The van der Waals surface area contributed by atoms with E-state index >= 15 is 0 Å². The summed E-state index contributed by atoms with van der Waals surface area (Å²) in [6.45, 7) is 0.671. The lowest BCUT2D eigenvalue weighted by Crippen LogP contribution is -2.46. The van der Waals surface area contributed by atoms with Crippen LogP contribution in [0.3, 0.4) is 0 Å². The Morgan fingerprint density at radius 1 is 1.20 bits per heavy atom. The number of piperidine rings is 1. The van der Waals surface area contributed by atoms with Gasteiger partial charge in [0.05, 0.1) is 13.2 Å². The number of rotatable bonds is 5. The Kier molecular flexibility index (Phi) is 5.34. The van der Waals surface area contributed by atoms with Gasteiger partial charge in [0.2, 0.25) is 0 Å². The fraction of sp³-hybridized carbons (Fsp3) is 0.350. The molecule has 0 aromatic heterocycles. The third-order valence-electron chi connectivity index (χ3n) is 4.77. The van der Waals surface area contributed by atoms with Crippen LogP contribution in [-0.4, -0.2) is 35.7 Å². The number of hydrogen-bond donors (Lipinski definition) is 1. The molecule has 0 spiro atoms. The van der Waals surface area contributed by atoms with Crippen LogP contribution in [0.4, 0.5) is 4.39 Å². The Hall–Kier alpha value is -2.40. The Labute approximate surface area is 146 Å². The van der Waals surface area contributed by atoms with Crippen LogP contribution in [0.25, 0.3) is 0 Å². The zero-order valence-corrected chi connectivity index (χ0v) is 14.2. The molecule has 2 atom stereocenters. The number of carboxylic acids is 1. The van der Waals surface area contributed by atoms with Crippen molar-refractivity contribution in [3.8, 4) is 5.75 Å². The number of halogens is 1. The Bertz CT molecular complexity index is 735. The fourth-order valence-corrected chi connectivity index (χ4v) is 3.59. The molecule has 1 fully saturated rings. The highest BCUT2D eigenvalue weighted by Crippen LogP contribution is 2.35. The summed E-state index contributed by atoms with van der Waals surface area (Å²) in [6, 6.07) is 13.7. The van der Waals surface area contributed by atoms with Gasteiger partial charge in [0.15, 0.2) is 11.6 Å². The highest BCUT2D eigenvalue weighted by atomic mass is 19.1. The molecule has 2 unspecified atom stereocenters. The molecule has 5 heteroatoms. The van der Waals surface area contributed by atoms with Gasteiger partial charge in [-0.05, 0) is 42.6 Å². The van der Waals surface area contributed by atoms with E-state index in [-0.39, 0.29) is 11.8 Å². The van der Waals surface area contributed by atoms with E-state index in [1.807, 2.05) is 41.3 Å². The van der Waals surface area contributed by atoms with Crippen molar-refractivity contribution < 1.29 is 19.0 Å². The van der Waals surface area contributed by atoms with Gasteiger partial charge < -0.3 is 9.84 Å². The van der Waals surface area contributed by atoms with Crippen LogP contribution in [0.2, 0.25) is 0 Å². The first-order chi connectivity index (χ1) is 12.1. The van der Waals surface area contributed by atoms with Crippen LogP contribution >= 0.6 is 0 Å². The third kappa shape index (κ3) is 3.66. The largest absolute Gasteiger partial charge is 0.494 e. The highest BCUT2D eigenvalue weighted by Gasteiger charge is 2.35. The molecular formula is C20H22FNO3. The molecule has 0 amide bonds. The molecule has 2 aromatic rings. The molecule has 132 valence electrons. The predicted molar refractivity (Wildman–Crippen MR) is 93.2 cm³/mol. The number of likely N-dealkylation sites (tertiary alicyclic amines) is 1. The fourth-order valence-electron chi connectivity index (χ4n) is 3.59. The molecule has 1 aliphatic heterocycles. The van der Waals surface area contributed by atoms with Gasteiger partial charge >= 0.3 is 5.97 Å². The van der Waals surface area contributed by atoms with Crippen LogP contribution < -0.4 is 4.74 Å². The van der Waals surface area contributed by atoms with Gasteiger partial charge in [0.25, 0.3) is 0 Å². The third-order valence-corrected chi connectivity index (χ3v) is 4.77. The number of methoxy groups -OCH3 is 1. The minimum Gasteiger partial charge on any atom is -0.494 e. The molecule has 25 heavy (non-hydrogen) atoms. The first-order valence-corrected chi connectivity index (χ1v) is 8.48. The summed E-state index contributed by atoms with van der Waals surface area (Å²) in [5.74, 6) is -1.08. The Morgan fingerprint density at radius 3 is 2.60 bits per heavy atom. The molecule has 0 radical (unpaired) electrons. The highest BCUT2D eigenvalue weighted by molar-refractivity contribution is 5.73. The van der Waals surface area contributed by atoms with Gasteiger partial charge in [0.1, 0.15) is 6.04 Å². The van der Waals surface area contributed by atoms with Gasteiger partial charge in [0, 0.05) is 0 Å². The van der Waals surface area contributed by atoms with Crippen molar-refractivity contribution in [1.29, 1.82) is 0 Å². The van der Waals surface area contributed by atoms with E-state index in [0.29, 0.717) is 13.0 Å². The van der Waals surface area contributed by atoms with Crippen molar-refractivity contribution in [3.63, 3.8) is 0 Å². The minimum absolute atomic E-state index is 0.184. The van der Waals surface area contributed by atoms with E-state index in [2.05, 4.69) is 0 Å². The molecule has 0 aliphatic carbocycles. The predicted octanol–water partition coefficient (Wildman–Crippen LogP) is 3.86. The number of benzene rings is 2. The molecule has 2 aromatic carbocycles. The molecule has 4 nitrogen and oxygen atoms in total. The second-order valence-electron chi connectivity index (χ2n) is 6.29. The number of aliphatic carboxylic acids is 1. The zero-order chi connectivity index (χ0) is 17.8. The summed E-state index contributed by atoms with van der Waals surface area (Å²) in [6.07, 6.45) is 2.44. The maximum atomic E-state index is 14.3. The van der Waals surface area contributed by atoms with Crippen molar-refractivity contribution in [2.24, 2.45) is 0 Å². The van der Waals surface area contributed by atoms with E-state index in [9.17, 15) is 14.3 Å². The lowest BCUT2D eigenvalue weighted by molar-refractivity contribution is -0.145. The van der Waals surface area contributed by atoms with Gasteiger partial charge in [-0.15, -0.1) is 0 Å². The van der Waals surface area contributed by atoms with Crippen LogP contribution in [0.15, 0.2) is 48.5 Å². The molecule has 1 aliphatic rings. The van der Waals surface area contributed by atoms with Crippen molar-refractivity contribution >= 4 is 5.97 Å². The first-order valence-electron chi connectivity index (χ1n) is 8.48. The Balaban J connectivity index is 2.07. The number of carboxylic acid groups (broad SMARTS) is 1. The molecule has 0 saturated carbocycles. The number of ether oxygens (including phenoxy) is 1. The van der Waals surface area contributed by atoms with Crippen molar-refractivity contribution in [1.82, 2.24) is 4.90 Å². The Morgan fingerprint density at radius 2 is 1.96 bits per heavy atom. The standard InChI is InChI=1S/C20H22FNO3/c1-25-18-11-10-15(13-16(18)21)19(14-7-3-2-4-8-14)22-12-6-5-9-17(22)20(23)24/h2-4,7-8,10-11,13,17,19H,5-6,9,12H2,1H3,(H,23,24). The van der Waals surface area contributed by atoms with E-state index in [4.69, 9.17) is 4.74 Å². The summed E-state index contributed by atoms with van der Waals surface area (Å²) in [5, 5.41) is 9.65. The van der Waals surface area contributed by atoms with E-state index in [1.54, 1.807) is 6.07 Å². The van der Waals surface area contributed by atoms with Gasteiger partial charge in [-0.1, -0.05) is 42.8 Å². The van der Waals surface area contributed by atoms with Crippen molar-refractivity contribution in [2.75, 3.05) is 13.7 Å². The first kappa shape index (κ1) is 17.4. The number of hydrogen-bond acceptors (Lipinski definition) is 3. The van der Waals surface area contributed by atoms with Crippen LogP contribution in [0.5, 0.6) is 5.75 Å². The van der Waals surface area contributed by atoms with Gasteiger partial charge in [-0.2, -0.15) is 0 Å². The summed E-state index contributed by atoms with van der Waals surface area (Å²) >= 11 is 0. The van der Waals surface area contributed by atoms with E-state index in [1.165, 1.54) is 13.2 Å². The summed E-state index contributed by atoms with van der Waals surface area (Å²) in [4.78, 5) is 13.7. The average Bonchev–Trinajstić information content (AvgIpc) is 2.63. The number of carbonyl (C=O) groups is 1. The summed E-state index contributed by atoms with van der Waals surface area (Å²) in [7, 11) is 1.43. The van der Waals surface area contributed by atoms with Crippen molar-refractivity contribution in [2.45, 2.75) is 31.3 Å². The summed E-state index contributed by atoms with van der Waals surface area (Å²) < 4.78 is 19.3. The molecule has 1 saturated heterocycles. The molecule has 3 rings (SSSR count). The van der Waals surface area contributed by atoms with Crippen molar-refractivity contribution in [3.05, 3.63) is 65.5 Å². The second kappa shape index (κ2) is 7.66. The smallest absolute Gasteiger partial charge is 0.320 e. The molecule has 1 heterocycles. The van der Waals surface area contributed by atoms with Gasteiger partial charge in [-0.3, -0.25) is 9.69 Å². The lowest BCUT2D eigenvalue weighted by atomic mass is 9.91.